The van der Waals surface area contributed by atoms with Crippen LogP contribution in [0.25, 0.3) is 0 Å². The average molecular weight is 245 g/mol. The predicted molar refractivity (Wildman–Crippen MR) is 33.9 cm³/mol. The number of hydrogen-bond donors (Lipinski definition) is 1. The fourth-order valence-corrected chi connectivity index (χ4v) is 0.979. The van der Waals surface area contributed by atoms with Crippen LogP contribution >= 0.6 is 7.60 Å². The number of rotatable bonds is 5. The van der Waals surface area contributed by atoms with Gasteiger partial charge >= 0.3 is 5.66 Å². The molecule has 10 heteroatoms. The first-order valence-electron chi connectivity index (χ1n) is 3.47. The predicted octanol–water partition coefficient (Wildman–Crippen LogP) is -4.19. The molecule has 0 heterocycles. The topological polar surface area (TPSA) is 148 Å². The van der Waals surface area contributed by atoms with Crippen molar-refractivity contribution < 1.29 is 43.6 Å². The fraction of sp³-hybridized carbons (Fsp3) is 0.600. The Hall–Kier alpha value is -0.890. The van der Waals surface area contributed by atoms with E-state index in [1.807, 2.05) is 0 Å². The molecule has 0 saturated carbocycles. The van der Waals surface area contributed by atoms with Gasteiger partial charge < -0.3 is 30.0 Å². The zero-order valence-electron chi connectivity index (χ0n) is 7.14. The zero-order valence-corrected chi connectivity index (χ0v) is 8.04. The van der Waals surface area contributed by atoms with Gasteiger partial charge in [0.2, 0.25) is 5.78 Å². The quantitative estimate of drug-likeness (QED) is 0.485. The van der Waals surface area contributed by atoms with Crippen molar-refractivity contribution in [1.29, 1.82) is 0 Å². The van der Waals surface area contributed by atoms with E-state index in [9.17, 15) is 37.8 Å². The number of ketones is 1. The number of carbonyl (C=O) groups is 2. The van der Waals surface area contributed by atoms with Crippen LogP contribution in [0.1, 0.15) is 6.42 Å². The van der Waals surface area contributed by atoms with Crippen molar-refractivity contribution >= 4 is 19.3 Å². The summed E-state index contributed by atoms with van der Waals surface area (Å²) in [7, 11) is -6.44. The van der Waals surface area contributed by atoms with Crippen LogP contribution in [0.2, 0.25) is 0 Å². The van der Waals surface area contributed by atoms with Crippen LogP contribution in [0.15, 0.2) is 0 Å². The number of alkyl halides is 2. The smallest absolute Gasteiger partial charge is 0.328 e. The third-order valence-electron chi connectivity index (χ3n) is 1.44. The molecule has 0 bridgehead atoms. The van der Waals surface area contributed by atoms with Gasteiger partial charge in [-0.1, -0.05) is 0 Å². The maximum Gasteiger partial charge on any atom is 0.328 e. The summed E-state index contributed by atoms with van der Waals surface area (Å²) in [5.41, 5.74) is -2.35. The lowest BCUT2D eigenvalue weighted by Crippen LogP contribution is -2.69. The van der Waals surface area contributed by atoms with Crippen LogP contribution in [-0.2, 0) is 14.2 Å². The first kappa shape index (κ1) is 14.1. The second-order valence-electron chi connectivity index (χ2n) is 2.68. The van der Waals surface area contributed by atoms with Gasteiger partial charge in [0.15, 0.2) is 0 Å². The third kappa shape index (κ3) is 3.31. The van der Waals surface area contributed by atoms with Gasteiger partial charge in [-0.15, -0.1) is 0 Å². The van der Waals surface area contributed by atoms with Crippen molar-refractivity contribution in [1.82, 2.24) is 0 Å². The Labute approximate surface area is 82.0 Å². The normalized spacial score (nSPS) is 14.7. The number of quaternary nitrogens is 1. The van der Waals surface area contributed by atoms with Crippen LogP contribution in [0.3, 0.4) is 0 Å². The minimum atomic E-state index is -6.44. The van der Waals surface area contributed by atoms with Crippen molar-refractivity contribution in [2.75, 3.05) is 0 Å². The summed E-state index contributed by atoms with van der Waals surface area (Å²) in [4.78, 5) is 40.5. The van der Waals surface area contributed by atoms with E-state index in [-0.39, 0.29) is 0 Å². The Kier molecular flexibility index (Phi) is 4.06. The van der Waals surface area contributed by atoms with Crippen molar-refractivity contribution in [3.63, 3.8) is 0 Å². The summed E-state index contributed by atoms with van der Waals surface area (Å²) < 4.78 is 34.9. The van der Waals surface area contributed by atoms with Gasteiger partial charge in [0, 0.05) is 7.60 Å². The molecule has 15 heavy (non-hydrogen) atoms. The molecule has 0 aliphatic heterocycles. The SMILES string of the molecule is [NH3+]C(CC(=O)C(F)(F)P(=O)([O-])[O-])C(=O)[O-]. The number of carbonyl (C=O) groups excluding carboxylic acids is 2. The first-order chi connectivity index (χ1) is 6.50. The monoisotopic (exact) mass is 245 g/mol. The summed E-state index contributed by atoms with van der Waals surface area (Å²) >= 11 is 0. The molecule has 1 atom stereocenters. The molecule has 0 aromatic rings. The van der Waals surface area contributed by atoms with Crippen LogP contribution in [0, 0.1) is 0 Å². The van der Waals surface area contributed by atoms with Crippen molar-refractivity contribution in [3.8, 4) is 0 Å². The van der Waals surface area contributed by atoms with Gasteiger partial charge in [-0.25, -0.2) is 0 Å². The van der Waals surface area contributed by atoms with Crippen LogP contribution in [-0.4, -0.2) is 23.5 Å². The summed E-state index contributed by atoms with van der Waals surface area (Å²) in [6.07, 6.45) is -1.39. The van der Waals surface area contributed by atoms with Gasteiger partial charge in [0.25, 0.3) is 0 Å². The molecular weight excluding hydrogens is 239 g/mol. The Bertz CT molecular complexity index is 325. The maximum atomic E-state index is 12.5. The van der Waals surface area contributed by atoms with Crippen molar-refractivity contribution in [2.24, 2.45) is 0 Å². The Balaban J connectivity index is 4.74. The van der Waals surface area contributed by atoms with Gasteiger partial charge in [-0.3, -0.25) is 4.79 Å². The van der Waals surface area contributed by atoms with Gasteiger partial charge in [-0.05, 0) is 0 Å². The molecule has 0 aliphatic carbocycles. The number of carboxylic acid groups (broad SMARTS) is 1. The van der Waals surface area contributed by atoms with E-state index in [1.165, 1.54) is 0 Å². The Morgan fingerprint density at radius 3 is 2.07 bits per heavy atom. The molecule has 1 unspecified atom stereocenters. The highest BCUT2D eigenvalue weighted by Gasteiger charge is 2.43. The van der Waals surface area contributed by atoms with E-state index in [1.54, 1.807) is 0 Å². The molecule has 0 rings (SSSR count). The minimum Gasteiger partial charge on any atom is -0.806 e. The number of Topliss-reactive ketones (excluding diaryl/α,β-unsaturated/α-hetero) is 1. The number of halogens is 2. The molecule has 7 nitrogen and oxygen atoms in total. The van der Waals surface area contributed by atoms with E-state index in [4.69, 9.17) is 0 Å². The zero-order chi connectivity index (χ0) is 12.4. The molecule has 0 spiro atoms. The van der Waals surface area contributed by atoms with Crippen molar-refractivity contribution in [3.05, 3.63) is 0 Å². The molecule has 0 radical (unpaired) electrons. The number of aliphatic carboxylic acids is 1. The fourth-order valence-electron chi connectivity index (χ4n) is 0.583. The van der Waals surface area contributed by atoms with Gasteiger partial charge in [0.1, 0.15) is 6.04 Å². The van der Waals surface area contributed by atoms with E-state index < -0.39 is 37.5 Å². The van der Waals surface area contributed by atoms with Crippen LogP contribution < -0.4 is 20.6 Å². The minimum absolute atomic E-state index is 1.39. The molecule has 88 valence electrons. The molecule has 0 aromatic heterocycles. The first-order valence-corrected chi connectivity index (χ1v) is 5.01. The van der Waals surface area contributed by atoms with E-state index >= 15 is 0 Å². The number of carboxylic acids is 1. The lowest BCUT2D eigenvalue weighted by molar-refractivity contribution is -0.436. The lowest BCUT2D eigenvalue weighted by atomic mass is 10.1. The second-order valence-corrected chi connectivity index (χ2v) is 4.24. The summed E-state index contributed by atoms with van der Waals surface area (Å²) in [6, 6.07) is -1.84. The van der Waals surface area contributed by atoms with Gasteiger partial charge in [-0.2, -0.15) is 8.78 Å². The Morgan fingerprint density at radius 1 is 1.40 bits per heavy atom. The largest absolute Gasteiger partial charge is 0.806 e. The summed E-state index contributed by atoms with van der Waals surface area (Å²) in [5, 5.41) is 10.0. The van der Waals surface area contributed by atoms with Crippen molar-refractivity contribution in [2.45, 2.75) is 18.1 Å². The molecule has 0 amide bonds. The molecule has 0 aliphatic rings. The lowest BCUT2D eigenvalue weighted by Gasteiger charge is -2.36. The highest BCUT2D eigenvalue weighted by molar-refractivity contribution is 7.51. The standard InChI is InChI=1S/C5H8F2NO6P/c6-5(7,15(12,13)14)3(9)1-2(8)4(10)11/h2H,1,8H2,(H,10,11)(H2,12,13,14)/p-2. The van der Waals surface area contributed by atoms with E-state index in [0.717, 1.165) is 0 Å². The second kappa shape index (κ2) is 4.31. The maximum absolute atomic E-state index is 12.5. The molecule has 3 N–H and O–H groups in total. The van der Waals surface area contributed by atoms with E-state index in [0.29, 0.717) is 0 Å². The summed E-state index contributed by atoms with van der Waals surface area (Å²) in [6.45, 7) is 0. The average Bonchev–Trinajstić information content (AvgIpc) is 2.01. The highest BCUT2D eigenvalue weighted by Crippen LogP contribution is 2.46. The highest BCUT2D eigenvalue weighted by atomic mass is 31.2. The molecule has 0 fully saturated rings. The molecule has 0 saturated heterocycles. The summed E-state index contributed by atoms with van der Waals surface area (Å²) in [5.74, 6) is -4.20. The van der Waals surface area contributed by atoms with E-state index in [2.05, 4.69) is 5.73 Å². The third-order valence-corrected chi connectivity index (χ3v) is 2.38. The molecule has 0 aromatic carbocycles. The van der Waals surface area contributed by atoms with Crippen LogP contribution in [0.5, 0.6) is 0 Å². The van der Waals surface area contributed by atoms with Crippen LogP contribution in [0.4, 0.5) is 8.78 Å². The van der Waals surface area contributed by atoms with Gasteiger partial charge in [0.05, 0.1) is 12.4 Å². The number of hydrogen-bond acceptors (Lipinski definition) is 6. The molecular formula is C5H6F2NO6P-2. The Morgan fingerprint density at radius 2 is 1.80 bits per heavy atom.